The van der Waals surface area contributed by atoms with Gasteiger partial charge in [-0.1, -0.05) is 47.0 Å². The zero-order valence-corrected chi connectivity index (χ0v) is 11.3. The van der Waals surface area contributed by atoms with E-state index in [0.717, 1.165) is 17.3 Å². The smallest absolute Gasteiger partial charge is 0.0295 e. The Hall–Kier alpha value is 0. The van der Waals surface area contributed by atoms with Crippen LogP contribution in [0.15, 0.2) is 0 Å². The summed E-state index contributed by atoms with van der Waals surface area (Å²) in [7, 11) is 0. The monoisotopic (exact) mass is 210 g/mol. The van der Waals surface area contributed by atoms with Crippen molar-refractivity contribution in [3.8, 4) is 0 Å². The maximum atomic E-state index is 2.47. The third-order valence-corrected chi connectivity index (χ3v) is 4.30. The van der Waals surface area contributed by atoms with Crippen LogP contribution < -0.4 is 0 Å². The predicted octanol–water partition coefficient (Wildman–Crippen LogP) is 5.42. The lowest BCUT2D eigenvalue weighted by molar-refractivity contribution is 0.296. The van der Waals surface area contributed by atoms with Gasteiger partial charge in [0.1, 0.15) is 0 Å². The van der Waals surface area contributed by atoms with Crippen molar-refractivity contribution in [1.82, 2.24) is 0 Å². The van der Waals surface area contributed by atoms with Gasteiger partial charge in [-0.25, -0.2) is 0 Å². The largest absolute Gasteiger partial charge is 0.0654 e. The summed E-state index contributed by atoms with van der Waals surface area (Å²) in [6.07, 6.45) is 11.7. The number of hydrogen-bond donors (Lipinski definition) is 0. The summed E-state index contributed by atoms with van der Waals surface area (Å²) >= 11 is 0. The molecule has 0 radical (unpaired) electrons. The van der Waals surface area contributed by atoms with Crippen LogP contribution in [0.2, 0.25) is 0 Å². The molecule has 0 amide bonds. The fraction of sp³-hybridized carbons (Fsp3) is 1.00. The van der Waals surface area contributed by atoms with Crippen LogP contribution in [0.4, 0.5) is 0 Å². The van der Waals surface area contributed by atoms with Crippen molar-refractivity contribution in [3.63, 3.8) is 0 Å². The standard InChI is InChI=1S/C15H30/c1-5-7-8-15(9-10-15)12-14(4)11-13(3)6-2/h13-14H,5-12H2,1-4H3. The molecule has 0 heteroatoms. The van der Waals surface area contributed by atoms with Crippen LogP contribution in [-0.4, -0.2) is 0 Å². The summed E-state index contributed by atoms with van der Waals surface area (Å²) in [5.41, 5.74) is 0.808. The minimum Gasteiger partial charge on any atom is -0.0654 e. The summed E-state index contributed by atoms with van der Waals surface area (Å²) in [5.74, 6) is 1.89. The molecular weight excluding hydrogens is 180 g/mol. The molecule has 0 saturated heterocycles. The summed E-state index contributed by atoms with van der Waals surface area (Å²) < 4.78 is 0. The van der Waals surface area contributed by atoms with Gasteiger partial charge in [0.15, 0.2) is 0 Å². The molecule has 0 spiro atoms. The average molecular weight is 210 g/mol. The van der Waals surface area contributed by atoms with E-state index in [-0.39, 0.29) is 0 Å². The molecule has 2 unspecified atom stereocenters. The molecule has 0 bridgehead atoms. The molecule has 0 nitrogen and oxygen atoms in total. The van der Waals surface area contributed by atoms with Gasteiger partial charge in [-0.3, -0.25) is 0 Å². The van der Waals surface area contributed by atoms with Crippen LogP contribution in [0, 0.1) is 17.3 Å². The molecule has 0 aromatic rings. The lowest BCUT2D eigenvalue weighted by Gasteiger charge is -2.22. The van der Waals surface area contributed by atoms with E-state index in [1.54, 1.807) is 0 Å². The number of hydrogen-bond acceptors (Lipinski definition) is 0. The lowest BCUT2D eigenvalue weighted by atomic mass is 9.84. The molecule has 1 fully saturated rings. The van der Waals surface area contributed by atoms with Gasteiger partial charge >= 0.3 is 0 Å². The SMILES string of the molecule is CCCCC1(CC(C)CC(C)CC)CC1. The van der Waals surface area contributed by atoms with Crippen molar-refractivity contribution < 1.29 is 0 Å². The van der Waals surface area contributed by atoms with Crippen LogP contribution in [0.25, 0.3) is 0 Å². The topological polar surface area (TPSA) is 0 Å². The Labute approximate surface area is 96.8 Å². The zero-order valence-electron chi connectivity index (χ0n) is 11.3. The van der Waals surface area contributed by atoms with E-state index in [4.69, 9.17) is 0 Å². The van der Waals surface area contributed by atoms with Gasteiger partial charge < -0.3 is 0 Å². The van der Waals surface area contributed by atoms with Crippen molar-refractivity contribution in [1.29, 1.82) is 0 Å². The summed E-state index contributed by atoms with van der Waals surface area (Å²) in [6.45, 7) is 9.51. The van der Waals surface area contributed by atoms with E-state index >= 15 is 0 Å². The van der Waals surface area contributed by atoms with Gasteiger partial charge in [0, 0.05) is 0 Å². The first-order valence-electron chi connectivity index (χ1n) is 7.12. The fourth-order valence-corrected chi connectivity index (χ4v) is 2.96. The molecule has 1 aliphatic carbocycles. The van der Waals surface area contributed by atoms with E-state index in [1.165, 1.54) is 51.4 Å². The maximum Gasteiger partial charge on any atom is -0.0295 e. The Kier molecular flexibility index (Phi) is 5.15. The van der Waals surface area contributed by atoms with E-state index < -0.39 is 0 Å². The van der Waals surface area contributed by atoms with Gasteiger partial charge in [-0.2, -0.15) is 0 Å². The van der Waals surface area contributed by atoms with E-state index in [0.29, 0.717) is 0 Å². The Bertz CT molecular complexity index is 167. The Morgan fingerprint density at radius 3 is 2.20 bits per heavy atom. The van der Waals surface area contributed by atoms with Crippen molar-refractivity contribution >= 4 is 0 Å². The minimum atomic E-state index is 0.808. The van der Waals surface area contributed by atoms with Gasteiger partial charge in [-0.15, -0.1) is 0 Å². The van der Waals surface area contributed by atoms with Crippen molar-refractivity contribution in [2.75, 3.05) is 0 Å². The lowest BCUT2D eigenvalue weighted by Crippen LogP contribution is -2.10. The highest BCUT2D eigenvalue weighted by atomic mass is 14.5. The molecule has 0 aliphatic heterocycles. The highest BCUT2D eigenvalue weighted by molar-refractivity contribution is 4.93. The normalized spacial score (nSPS) is 22.4. The highest BCUT2D eigenvalue weighted by Gasteiger charge is 2.42. The third-order valence-electron chi connectivity index (χ3n) is 4.30. The molecule has 1 rings (SSSR count). The van der Waals surface area contributed by atoms with Crippen LogP contribution in [0.3, 0.4) is 0 Å². The molecule has 0 heterocycles. The Morgan fingerprint density at radius 1 is 1.07 bits per heavy atom. The zero-order chi connectivity index (χ0) is 11.3. The second kappa shape index (κ2) is 5.92. The van der Waals surface area contributed by atoms with Crippen molar-refractivity contribution in [2.24, 2.45) is 17.3 Å². The molecule has 0 aromatic heterocycles. The van der Waals surface area contributed by atoms with Crippen LogP contribution >= 0.6 is 0 Å². The second-order valence-corrected chi connectivity index (χ2v) is 6.16. The number of unbranched alkanes of at least 4 members (excludes halogenated alkanes) is 1. The Balaban J connectivity index is 2.21. The molecule has 2 atom stereocenters. The van der Waals surface area contributed by atoms with Crippen molar-refractivity contribution in [3.05, 3.63) is 0 Å². The van der Waals surface area contributed by atoms with E-state index in [9.17, 15) is 0 Å². The molecule has 1 saturated carbocycles. The summed E-state index contributed by atoms with van der Waals surface area (Å²) in [5, 5.41) is 0. The first-order chi connectivity index (χ1) is 7.12. The minimum absolute atomic E-state index is 0.808. The maximum absolute atomic E-state index is 2.47. The molecule has 1 aliphatic rings. The average Bonchev–Trinajstić information content (AvgIpc) is 2.95. The van der Waals surface area contributed by atoms with Crippen LogP contribution in [0.1, 0.15) is 79.1 Å². The number of rotatable bonds is 8. The van der Waals surface area contributed by atoms with E-state index in [1.807, 2.05) is 0 Å². The molecule has 0 aromatic carbocycles. The Morgan fingerprint density at radius 2 is 1.73 bits per heavy atom. The molecular formula is C15H30. The first-order valence-corrected chi connectivity index (χ1v) is 7.12. The van der Waals surface area contributed by atoms with Gasteiger partial charge in [0.2, 0.25) is 0 Å². The summed E-state index contributed by atoms with van der Waals surface area (Å²) in [4.78, 5) is 0. The van der Waals surface area contributed by atoms with Crippen LogP contribution in [0.5, 0.6) is 0 Å². The van der Waals surface area contributed by atoms with Crippen molar-refractivity contribution in [2.45, 2.75) is 79.1 Å². The molecule has 90 valence electrons. The second-order valence-electron chi connectivity index (χ2n) is 6.16. The predicted molar refractivity (Wildman–Crippen MR) is 69.0 cm³/mol. The van der Waals surface area contributed by atoms with Gasteiger partial charge in [0.25, 0.3) is 0 Å². The highest BCUT2D eigenvalue weighted by Crippen LogP contribution is 2.54. The van der Waals surface area contributed by atoms with Gasteiger partial charge in [-0.05, 0) is 49.4 Å². The fourth-order valence-electron chi connectivity index (χ4n) is 2.96. The van der Waals surface area contributed by atoms with Gasteiger partial charge in [0.05, 0.1) is 0 Å². The molecule has 0 N–H and O–H groups in total. The van der Waals surface area contributed by atoms with E-state index in [2.05, 4.69) is 27.7 Å². The van der Waals surface area contributed by atoms with Crippen LogP contribution in [-0.2, 0) is 0 Å². The third kappa shape index (κ3) is 4.57. The first kappa shape index (κ1) is 13.1. The molecule has 15 heavy (non-hydrogen) atoms. The quantitative estimate of drug-likeness (QED) is 0.502. The summed E-state index contributed by atoms with van der Waals surface area (Å²) in [6, 6.07) is 0.